The number of rotatable bonds is 5. The molecule has 0 radical (unpaired) electrons. The van der Waals surface area contributed by atoms with Crippen LogP contribution in [0.4, 0.5) is 0 Å². The summed E-state index contributed by atoms with van der Waals surface area (Å²) in [6.45, 7) is 5.80. The zero-order valence-corrected chi connectivity index (χ0v) is 18.2. The predicted octanol–water partition coefficient (Wildman–Crippen LogP) is 1.58. The molecule has 2 aliphatic heterocycles. The van der Waals surface area contributed by atoms with Crippen molar-refractivity contribution in [2.45, 2.75) is 38.6 Å². The van der Waals surface area contributed by atoms with Gasteiger partial charge in [-0.1, -0.05) is 0 Å². The van der Waals surface area contributed by atoms with E-state index in [1.165, 1.54) is 0 Å². The van der Waals surface area contributed by atoms with Crippen molar-refractivity contribution in [3.05, 3.63) is 41.0 Å². The van der Waals surface area contributed by atoms with E-state index in [1.807, 2.05) is 19.9 Å². The van der Waals surface area contributed by atoms with Crippen molar-refractivity contribution in [1.82, 2.24) is 25.4 Å². The number of benzene rings is 1. The summed E-state index contributed by atoms with van der Waals surface area (Å²) >= 11 is 0. The van der Waals surface area contributed by atoms with E-state index >= 15 is 0 Å². The molecule has 4 rings (SSSR count). The topological polar surface area (TPSA) is 109 Å². The van der Waals surface area contributed by atoms with E-state index in [1.54, 1.807) is 24.1 Å². The Balaban J connectivity index is 1.53. The summed E-state index contributed by atoms with van der Waals surface area (Å²) in [5, 5.41) is 10.4. The summed E-state index contributed by atoms with van der Waals surface area (Å²) in [6, 6.07) is 5.19. The molecule has 0 unspecified atom stereocenters. The van der Waals surface area contributed by atoms with Crippen LogP contribution < -0.4 is 10.1 Å². The second kappa shape index (κ2) is 9.05. The van der Waals surface area contributed by atoms with Gasteiger partial charge in [0.2, 0.25) is 5.91 Å². The van der Waals surface area contributed by atoms with E-state index in [0.717, 1.165) is 18.4 Å². The molecule has 0 bridgehead atoms. The Kier molecular flexibility index (Phi) is 6.22. The normalized spacial score (nSPS) is 21.8. The van der Waals surface area contributed by atoms with Crippen LogP contribution in [0.1, 0.15) is 46.3 Å². The molecule has 0 spiro atoms. The number of aromatic amines is 1. The van der Waals surface area contributed by atoms with E-state index in [-0.39, 0.29) is 29.7 Å². The lowest BCUT2D eigenvalue weighted by Gasteiger charge is -2.25. The van der Waals surface area contributed by atoms with Gasteiger partial charge in [-0.3, -0.25) is 14.7 Å². The highest BCUT2D eigenvalue weighted by Gasteiger charge is 2.40. The molecule has 0 saturated carbocycles. The van der Waals surface area contributed by atoms with Crippen LogP contribution in [-0.2, 0) is 9.53 Å². The Morgan fingerprint density at radius 3 is 2.65 bits per heavy atom. The van der Waals surface area contributed by atoms with Crippen molar-refractivity contribution in [3.63, 3.8) is 0 Å². The van der Waals surface area contributed by atoms with Crippen LogP contribution in [0, 0.1) is 19.8 Å². The van der Waals surface area contributed by atoms with Gasteiger partial charge in [0.05, 0.1) is 19.1 Å². The second-order valence-corrected chi connectivity index (χ2v) is 8.28. The number of amides is 2. The fraction of sp³-hybridized carbons (Fsp3) is 0.545. The highest BCUT2D eigenvalue weighted by molar-refractivity contribution is 5.96. The van der Waals surface area contributed by atoms with E-state index < -0.39 is 0 Å². The first-order valence-corrected chi connectivity index (χ1v) is 10.7. The molecule has 2 atom stereocenters. The molecular formula is C22H29N5O4. The monoisotopic (exact) mass is 427 g/mol. The summed E-state index contributed by atoms with van der Waals surface area (Å²) in [5.41, 5.74) is 1.48. The zero-order valence-electron chi connectivity index (χ0n) is 18.2. The van der Waals surface area contributed by atoms with Crippen LogP contribution in [-0.4, -0.2) is 71.4 Å². The smallest absolute Gasteiger partial charge is 0.254 e. The number of hydrogen-bond acceptors (Lipinski definition) is 6. The maximum Gasteiger partial charge on any atom is 0.254 e. The molecule has 2 fully saturated rings. The molecule has 0 aliphatic carbocycles. The van der Waals surface area contributed by atoms with Crippen LogP contribution in [0.25, 0.3) is 0 Å². The van der Waals surface area contributed by atoms with Crippen molar-refractivity contribution in [1.29, 1.82) is 0 Å². The molecule has 9 heteroatoms. The van der Waals surface area contributed by atoms with Crippen LogP contribution in [0.2, 0.25) is 0 Å². The van der Waals surface area contributed by atoms with Gasteiger partial charge in [0.25, 0.3) is 5.91 Å². The minimum Gasteiger partial charge on any atom is -0.497 e. The highest BCUT2D eigenvalue weighted by Crippen LogP contribution is 2.29. The number of aromatic nitrogens is 3. The van der Waals surface area contributed by atoms with Crippen molar-refractivity contribution in [2.75, 3.05) is 33.4 Å². The summed E-state index contributed by atoms with van der Waals surface area (Å²) in [5.74, 6) is 1.76. The molecule has 2 aliphatic rings. The van der Waals surface area contributed by atoms with Gasteiger partial charge in [-0.2, -0.15) is 5.10 Å². The largest absolute Gasteiger partial charge is 0.497 e. The third kappa shape index (κ3) is 4.56. The summed E-state index contributed by atoms with van der Waals surface area (Å²) in [6.07, 6.45) is 1.44. The molecular weight excluding hydrogens is 398 g/mol. The number of nitrogens with zero attached hydrogens (tertiary/aromatic N) is 3. The maximum atomic E-state index is 13.3. The van der Waals surface area contributed by atoms with Crippen molar-refractivity contribution < 1.29 is 19.1 Å². The zero-order chi connectivity index (χ0) is 22.0. The summed E-state index contributed by atoms with van der Waals surface area (Å²) in [4.78, 5) is 32.4. The third-order valence-electron chi connectivity index (χ3n) is 6.14. The van der Waals surface area contributed by atoms with Gasteiger partial charge in [-0.25, -0.2) is 4.98 Å². The first-order chi connectivity index (χ1) is 15.0. The lowest BCUT2D eigenvalue weighted by Crippen LogP contribution is -2.44. The standard InChI is InChI=1S/C22H29N5O4/c1-13-10-16(30-3)4-5-17(13)22(29)27-11-18(20-23-14(2)25-26-20)19(12-27)24-21(28)15-6-8-31-9-7-15/h4-5,10,15,18-19H,6-9,11-12H2,1-3H3,(H,24,28)(H,23,25,26)/t18-,19-/m1/s1. The average Bonchev–Trinajstić information content (AvgIpc) is 3.39. The maximum absolute atomic E-state index is 13.3. The molecule has 2 aromatic rings. The van der Waals surface area contributed by atoms with E-state index in [4.69, 9.17) is 9.47 Å². The lowest BCUT2D eigenvalue weighted by atomic mass is 9.97. The average molecular weight is 428 g/mol. The fourth-order valence-corrected chi connectivity index (χ4v) is 4.34. The number of ether oxygens (including phenoxy) is 2. The van der Waals surface area contributed by atoms with Crippen molar-refractivity contribution in [3.8, 4) is 5.75 Å². The Hall–Kier alpha value is -2.94. The van der Waals surface area contributed by atoms with Gasteiger partial charge >= 0.3 is 0 Å². The number of carbonyl (C=O) groups excluding carboxylic acids is 2. The first kappa shape index (κ1) is 21.3. The second-order valence-electron chi connectivity index (χ2n) is 8.28. The summed E-state index contributed by atoms with van der Waals surface area (Å²) < 4.78 is 10.6. The minimum atomic E-state index is -0.243. The molecule has 3 heterocycles. The van der Waals surface area contributed by atoms with Gasteiger partial charge in [-0.15, -0.1) is 0 Å². The number of aryl methyl sites for hydroxylation is 2. The number of H-pyrrole nitrogens is 1. The van der Waals surface area contributed by atoms with Crippen LogP contribution in [0.3, 0.4) is 0 Å². The number of methoxy groups -OCH3 is 1. The number of nitrogens with one attached hydrogen (secondary N) is 2. The number of carbonyl (C=O) groups is 2. The van der Waals surface area contributed by atoms with Crippen LogP contribution in [0.15, 0.2) is 18.2 Å². The molecule has 2 N–H and O–H groups in total. The van der Waals surface area contributed by atoms with Gasteiger partial charge in [-0.05, 0) is 50.5 Å². The minimum absolute atomic E-state index is 0.0143. The van der Waals surface area contributed by atoms with E-state index in [9.17, 15) is 9.59 Å². The molecule has 1 aromatic heterocycles. The molecule has 2 saturated heterocycles. The molecule has 2 amide bonds. The Bertz CT molecular complexity index is 953. The molecule has 166 valence electrons. The molecule has 9 nitrogen and oxygen atoms in total. The number of hydrogen-bond donors (Lipinski definition) is 2. The van der Waals surface area contributed by atoms with Gasteiger partial charge < -0.3 is 19.7 Å². The fourth-order valence-electron chi connectivity index (χ4n) is 4.34. The van der Waals surface area contributed by atoms with Gasteiger partial charge in [0.15, 0.2) is 5.82 Å². The Labute approximate surface area is 181 Å². The summed E-state index contributed by atoms with van der Waals surface area (Å²) in [7, 11) is 1.60. The van der Waals surface area contributed by atoms with Gasteiger partial charge in [0, 0.05) is 37.8 Å². The van der Waals surface area contributed by atoms with E-state index in [0.29, 0.717) is 49.3 Å². The van der Waals surface area contributed by atoms with Crippen molar-refractivity contribution >= 4 is 11.8 Å². The van der Waals surface area contributed by atoms with Crippen LogP contribution in [0.5, 0.6) is 5.75 Å². The van der Waals surface area contributed by atoms with Crippen molar-refractivity contribution in [2.24, 2.45) is 5.92 Å². The molecule has 31 heavy (non-hydrogen) atoms. The highest BCUT2D eigenvalue weighted by atomic mass is 16.5. The third-order valence-corrected chi connectivity index (χ3v) is 6.14. The Morgan fingerprint density at radius 2 is 2.00 bits per heavy atom. The first-order valence-electron chi connectivity index (χ1n) is 10.7. The SMILES string of the molecule is COc1ccc(C(=O)N2C[C@@H](NC(=O)C3CCOCC3)[C@H](c3n[nH]c(C)n3)C2)c(C)c1. The Morgan fingerprint density at radius 1 is 1.23 bits per heavy atom. The quantitative estimate of drug-likeness (QED) is 0.750. The lowest BCUT2D eigenvalue weighted by molar-refractivity contribution is -0.128. The van der Waals surface area contributed by atoms with Gasteiger partial charge in [0.1, 0.15) is 11.6 Å². The molecule has 1 aromatic carbocycles. The van der Waals surface area contributed by atoms with Crippen LogP contribution >= 0.6 is 0 Å². The number of likely N-dealkylation sites (tertiary alicyclic amines) is 1. The van der Waals surface area contributed by atoms with E-state index in [2.05, 4.69) is 20.5 Å². The predicted molar refractivity (Wildman–Crippen MR) is 113 cm³/mol.